The van der Waals surface area contributed by atoms with E-state index in [1.807, 2.05) is 6.92 Å². The normalized spacial score (nSPS) is 24.3. The van der Waals surface area contributed by atoms with Crippen LogP contribution in [0.5, 0.6) is 0 Å². The van der Waals surface area contributed by atoms with E-state index in [-0.39, 0.29) is 11.6 Å². The van der Waals surface area contributed by atoms with Gasteiger partial charge in [0, 0.05) is 38.1 Å². The molecule has 2 atom stereocenters. The third-order valence-corrected chi connectivity index (χ3v) is 3.63. The largest absolute Gasteiger partial charge is 0.347 e. The zero-order chi connectivity index (χ0) is 12.4. The van der Waals surface area contributed by atoms with Crippen molar-refractivity contribution in [3.63, 3.8) is 0 Å². The van der Waals surface area contributed by atoms with Crippen LogP contribution < -0.4 is 16.2 Å². The van der Waals surface area contributed by atoms with Crippen LogP contribution in [-0.2, 0) is 6.54 Å². The summed E-state index contributed by atoms with van der Waals surface area (Å²) in [6.45, 7) is 6.25. The van der Waals surface area contributed by atoms with Gasteiger partial charge in [0.25, 0.3) is 5.56 Å². The van der Waals surface area contributed by atoms with Crippen LogP contribution in [0.1, 0.15) is 20.3 Å². The Morgan fingerprint density at radius 2 is 2.35 bits per heavy atom. The minimum Gasteiger partial charge on any atom is -0.347 e. The molecule has 5 heteroatoms. The van der Waals surface area contributed by atoms with Crippen LogP contribution in [0, 0.1) is 5.92 Å². The average molecular weight is 236 g/mol. The molecule has 0 saturated carbocycles. The summed E-state index contributed by atoms with van der Waals surface area (Å²) in [5.74, 6) is 1.07. The van der Waals surface area contributed by atoms with Crippen molar-refractivity contribution in [3.05, 3.63) is 22.7 Å². The molecule has 0 aliphatic carbocycles. The van der Waals surface area contributed by atoms with Gasteiger partial charge in [-0.1, -0.05) is 6.92 Å². The number of nitrogens with zero attached hydrogens (tertiary/aromatic N) is 3. The Hall–Kier alpha value is -1.36. The minimum atomic E-state index is -0.0115. The monoisotopic (exact) mass is 236 g/mol. The van der Waals surface area contributed by atoms with Crippen molar-refractivity contribution in [1.82, 2.24) is 9.55 Å². The summed E-state index contributed by atoms with van der Waals surface area (Å²) >= 11 is 0. The predicted molar refractivity (Wildman–Crippen MR) is 68.1 cm³/mol. The van der Waals surface area contributed by atoms with Gasteiger partial charge in [-0.2, -0.15) is 0 Å². The van der Waals surface area contributed by atoms with E-state index < -0.39 is 0 Å². The van der Waals surface area contributed by atoms with Crippen LogP contribution in [0.4, 0.5) is 5.82 Å². The molecule has 0 aromatic carbocycles. The van der Waals surface area contributed by atoms with Crippen LogP contribution in [0.25, 0.3) is 0 Å². The molecule has 0 spiro atoms. The molecule has 0 bridgehead atoms. The van der Waals surface area contributed by atoms with Gasteiger partial charge in [-0.3, -0.25) is 4.79 Å². The van der Waals surface area contributed by atoms with Crippen LogP contribution in [0.3, 0.4) is 0 Å². The van der Waals surface area contributed by atoms with Gasteiger partial charge in [-0.15, -0.1) is 0 Å². The summed E-state index contributed by atoms with van der Waals surface area (Å²) in [5, 5.41) is 0. The van der Waals surface area contributed by atoms with Gasteiger partial charge < -0.3 is 15.2 Å². The van der Waals surface area contributed by atoms with Crippen molar-refractivity contribution in [2.75, 3.05) is 18.0 Å². The van der Waals surface area contributed by atoms with Gasteiger partial charge in [0.15, 0.2) is 5.82 Å². The van der Waals surface area contributed by atoms with Crippen molar-refractivity contribution in [1.29, 1.82) is 0 Å². The number of hydrogen-bond acceptors (Lipinski definition) is 4. The van der Waals surface area contributed by atoms with E-state index in [2.05, 4.69) is 16.8 Å². The Balaban J connectivity index is 2.37. The molecule has 2 N–H and O–H groups in total. The fourth-order valence-electron chi connectivity index (χ4n) is 2.51. The predicted octanol–water partition coefficient (Wildman–Crippen LogP) is 0.437. The number of aromatic nitrogens is 2. The van der Waals surface area contributed by atoms with Crippen molar-refractivity contribution >= 4 is 5.82 Å². The average Bonchev–Trinajstić information content (AvgIpc) is 2.70. The van der Waals surface area contributed by atoms with E-state index in [0.717, 1.165) is 13.0 Å². The highest BCUT2D eigenvalue weighted by atomic mass is 16.1. The Kier molecular flexibility index (Phi) is 3.47. The third kappa shape index (κ3) is 2.07. The van der Waals surface area contributed by atoms with E-state index >= 15 is 0 Å². The Bertz CT molecular complexity index is 442. The molecule has 2 heterocycles. The fraction of sp³-hybridized carbons (Fsp3) is 0.667. The van der Waals surface area contributed by atoms with Crippen LogP contribution in [0.2, 0.25) is 0 Å². The first kappa shape index (κ1) is 12.1. The summed E-state index contributed by atoms with van der Waals surface area (Å²) in [4.78, 5) is 18.5. The van der Waals surface area contributed by atoms with E-state index in [1.54, 1.807) is 17.0 Å². The minimum absolute atomic E-state index is 0.0115. The molecule has 1 aromatic rings. The lowest BCUT2D eigenvalue weighted by Crippen LogP contribution is -2.42. The van der Waals surface area contributed by atoms with Gasteiger partial charge >= 0.3 is 0 Å². The highest BCUT2D eigenvalue weighted by Crippen LogP contribution is 2.25. The molecular formula is C12H20N4O. The fourth-order valence-corrected chi connectivity index (χ4v) is 2.51. The van der Waals surface area contributed by atoms with E-state index in [0.29, 0.717) is 24.8 Å². The van der Waals surface area contributed by atoms with E-state index in [4.69, 9.17) is 5.73 Å². The molecule has 94 valence electrons. The molecule has 0 amide bonds. The van der Waals surface area contributed by atoms with E-state index in [1.165, 1.54) is 0 Å². The zero-order valence-electron chi connectivity index (χ0n) is 10.5. The maximum Gasteiger partial charge on any atom is 0.293 e. The topological polar surface area (TPSA) is 64.2 Å². The zero-order valence-corrected chi connectivity index (χ0v) is 10.5. The lowest BCUT2D eigenvalue weighted by Gasteiger charge is -2.26. The van der Waals surface area contributed by atoms with Gasteiger partial charge in [-0.05, 0) is 19.3 Å². The first-order valence-electron chi connectivity index (χ1n) is 6.21. The molecule has 1 aliphatic heterocycles. The second-order valence-corrected chi connectivity index (χ2v) is 4.60. The quantitative estimate of drug-likeness (QED) is 0.827. The Morgan fingerprint density at radius 3 is 3.00 bits per heavy atom. The first-order valence-corrected chi connectivity index (χ1v) is 6.21. The van der Waals surface area contributed by atoms with Gasteiger partial charge in [-0.25, -0.2) is 4.98 Å². The summed E-state index contributed by atoms with van der Waals surface area (Å²) in [7, 11) is 0. The Labute approximate surface area is 101 Å². The van der Waals surface area contributed by atoms with Crippen molar-refractivity contribution in [3.8, 4) is 0 Å². The van der Waals surface area contributed by atoms with Gasteiger partial charge in [0.05, 0.1) is 0 Å². The molecule has 2 unspecified atom stereocenters. The van der Waals surface area contributed by atoms with E-state index in [9.17, 15) is 4.79 Å². The molecule has 1 aromatic heterocycles. The Morgan fingerprint density at radius 1 is 1.59 bits per heavy atom. The number of anilines is 1. The third-order valence-electron chi connectivity index (χ3n) is 3.63. The summed E-state index contributed by atoms with van der Waals surface area (Å²) in [6.07, 6.45) is 4.49. The molecule has 5 nitrogen and oxygen atoms in total. The molecule has 0 radical (unpaired) electrons. The van der Waals surface area contributed by atoms with Gasteiger partial charge in [0.1, 0.15) is 0 Å². The number of nitrogens with two attached hydrogens (primary N) is 1. The second kappa shape index (κ2) is 4.87. The number of hydrogen-bond donors (Lipinski definition) is 1. The maximum absolute atomic E-state index is 12.2. The standard InChI is InChI=1S/C12H20N4O/c1-3-15-7-5-14-11(12(15)17)16-6-4-9(2)10(16)8-13/h5,7,9-10H,3-4,6,8,13H2,1-2H3. The van der Waals surface area contributed by atoms with Crippen LogP contribution in [0.15, 0.2) is 17.2 Å². The molecule has 2 rings (SSSR count). The first-order chi connectivity index (χ1) is 8.19. The molecule has 1 fully saturated rings. The highest BCUT2D eigenvalue weighted by Gasteiger charge is 2.32. The van der Waals surface area contributed by atoms with Crippen LogP contribution in [-0.4, -0.2) is 28.7 Å². The van der Waals surface area contributed by atoms with Crippen molar-refractivity contribution in [2.45, 2.75) is 32.9 Å². The SMILES string of the molecule is CCn1ccnc(N2CCC(C)C2CN)c1=O. The van der Waals surface area contributed by atoms with Crippen molar-refractivity contribution in [2.24, 2.45) is 11.7 Å². The highest BCUT2D eigenvalue weighted by molar-refractivity contribution is 5.39. The summed E-state index contributed by atoms with van der Waals surface area (Å²) in [5.41, 5.74) is 5.78. The molecule has 1 aliphatic rings. The smallest absolute Gasteiger partial charge is 0.293 e. The maximum atomic E-state index is 12.2. The number of rotatable bonds is 3. The summed E-state index contributed by atoms with van der Waals surface area (Å²) in [6, 6.07) is 0.239. The molecule has 17 heavy (non-hydrogen) atoms. The second-order valence-electron chi connectivity index (χ2n) is 4.60. The molecular weight excluding hydrogens is 216 g/mol. The van der Waals surface area contributed by atoms with Crippen molar-refractivity contribution < 1.29 is 0 Å². The molecule has 1 saturated heterocycles. The van der Waals surface area contributed by atoms with Gasteiger partial charge in [0.2, 0.25) is 0 Å². The summed E-state index contributed by atoms with van der Waals surface area (Å²) < 4.78 is 1.68. The lowest BCUT2D eigenvalue weighted by molar-refractivity contribution is 0.515. The lowest BCUT2D eigenvalue weighted by atomic mass is 10.0. The van der Waals surface area contributed by atoms with Crippen LogP contribution >= 0.6 is 0 Å². The number of aryl methyl sites for hydroxylation is 1.